The van der Waals surface area contributed by atoms with Gasteiger partial charge in [0.25, 0.3) is 0 Å². The number of fused-ring (bicyclic) bond motifs is 1. The average molecular weight is 432 g/mol. The molecular formula is C26H39O5-. The van der Waals surface area contributed by atoms with Crippen LogP contribution in [0.15, 0.2) is 24.3 Å². The molecule has 0 amide bonds. The van der Waals surface area contributed by atoms with Crippen molar-refractivity contribution in [2.24, 2.45) is 29.6 Å². The van der Waals surface area contributed by atoms with Crippen LogP contribution in [-0.4, -0.2) is 30.1 Å². The van der Waals surface area contributed by atoms with Crippen LogP contribution < -0.4 is 9.84 Å². The molecule has 7 atom stereocenters. The largest absolute Gasteiger partial charge is 0.821 e. The van der Waals surface area contributed by atoms with Gasteiger partial charge in [0, 0.05) is 12.7 Å². The van der Waals surface area contributed by atoms with E-state index in [-0.39, 0.29) is 12.3 Å². The van der Waals surface area contributed by atoms with Crippen LogP contribution in [0.5, 0.6) is 5.75 Å². The molecule has 0 radical (unpaired) electrons. The highest BCUT2D eigenvalue weighted by molar-refractivity contribution is 5.66. The van der Waals surface area contributed by atoms with E-state index in [1.165, 1.54) is 12.8 Å². The summed E-state index contributed by atoms with van der Waals surface area (Å²) in [7, 11) is 0. The lowest BCUT2D eigenvalue weighted by Gasteiger charge is -2.46. The highest BCUT2D eigenvalue weighted by Gasteiger charge is 2.41. The molecule has 5 nitrogen and oxygen atoms in total. The number of rotatable bonds is 9. The van der Waals surface area contributed by atoms with Gasteiger partial charge in [-0.2, -0.15) is 0 Å². The Labute approximate surface area is 187 Å². The number of hydrogen-bond donors (Lipinski definition) is 1. The first-order chi connectivity index (χ1) is 14.8. The Balaban J connectivity index is 1.54. The molecule has 1 saturated heterocycles. The molecule has 174 valence electrons. The third-order valence-corrected chi connectivity index (χ3v) is 7.65. The number of ether oxygens (including phenoxy) is 2. The Morgan fingerprint density at radius 1 is 1.13 bits per heavy atom. The minimum atomic E-state index is -1.08. The second-order valence-corrected chi connectivity index (χ2v) is 9.86. The van der Waals surface area contributed by atoms with E-state index < -0.39 is 12.3 Å². The van der Waals surface area contributed by atoms with Crippen molar-refractivity contribution in [1.29, 1.82) is 0 Å². The molecule has 1 aliphatic carbocycles. The Kier molecular flexibility index (Phi) is 8.79. The van der Waals surface area contributed by atoms with Gasteiger partial charge in [-0.15, -0.1) is 0 Å². The SMILES string of the molecule is CC1CC[C@@H]2C(CO1)[C@H]([C@@H](C)[C@H]([O-])Oc1ccc(CCCCC(=O)O)cc1)CC[C@H]2C. The first-order valence-electron chi connectivity index (χ1n) is 12.1. The predicted molar refractivity (Wildman–Crippen MR) is 119 cm³/mol. The molecule has 2 fully saturated rings. The van der Waals surface area contributed by atoms with Crippen molar-refractivity contribution in [1.82, 2.24) is 0 Å². The first kappa shape index (κ1) is 24.1. The minimum Gasteiger partial charge on any atom is -0.821 e. The number of hydrogen-bond acceptors (Lipinski definition) is 4. The second-order valence-electron chi connectivity index (χ2n) is 9.86. The summed E-state index contributed by atoms with van der Waals surface area (Å²) in [6.07, 6.45) is 6.40. The lowest BCUT2D eigenvalue weighted by molar-refractivity contribution is -0.489. The van der Waals surface area contributed by atoms with Gasteiger partial charge in [-0.3, -0.25) is 4.79 Å². The van der Waals surface area contributed by atoms with Crippen LogP contribution in [0.4, 0.5) is 0 Å². The van der Waals surface area contributed by atoms with Crippen molar-refractivity contribution in [3.8, 4) is 5.75 Å². The maximum atomic E-state index is 13.0. The maximum Gasteiger partial charge on any atom is 0.303 e. The van der Waals surface area contributed by atoms with Crippen LogP contribution in [0, 0.1) is 29.6 Å². The van der Waals surface area contributed by atoms with E-state index in [0.29, 0.717) is 41.9 Å². The summed E-state index contributed by atoms with van der Waals surface area (Å²) in [5.74, 6) is 1.97. The highest BCUT2D eigenvalue weighted by Crippen LogP contribution is 2.46. The summed E-state index contributed by atoms with van der Waals surface area (Å²) in [5.41, 5.74) is 1.14. The monoisotopic (exact) mass is 431 g/mol. The molecule has 0 spiro atoms. The summed E-state index contributed by atoms with van der Waals surface area (Å²) in [6.45, 7) is 7.35. The van der Waals surface area contributed by atoms with E-state index in [1.807, 2.05) is 24.3 Å². The van der Waals surface area contributed by atoms with E-state index >= 15 is 0 Å². The van der Waals surface area contributed by atoms with Gasteiger partial charge < -0.3 is 19.7 Å². The van der Waals surface area contributed by atoms with E-state index in [4.69, 9.17) is 14.6 Å². The second kappa shape index (κ2) is 11.3. The van der Waals surface area contributed by atoms with Crippen LogP contribution in [0.3, 0.4) is 0 Å². The number of carboxylic acids is 1. The number of aryl methyl sites for hydroxylation is 1. The topological polar surface area (TPSA) is 78.8 Å². The van der Waals surface area contributed by atoms with E-state index in [1.54, 1.807) is 0 Å². The number of benzene rings is 1. The van der Waals surface area contributed by atoms with Crippen LogP contribution in [0.2, 0.25) is 0 Å². The molecule has 1 heterocycles. The van der Waals surface area contributed by atoms with Crippen LogP contribution in [0.1, 0.15) is 71.3 Å². The van der Waals surface area contributed by atoms with Gasteiger partial charge in [-0.1, -0.05) is 32.4 Å². The van der Waals surface area contributed by atoms with Crippen molar-refractivity contribution < 1.29 is 24.5 Å². The Hall–Kier alpha value is -1.59. The normalized spacial score (nSPS) is 30.6. The molecule has 3 rings (SSSR count). The molecule has 1 aromatic carbocycles. The highest BCUT2D eigenvalue weighted by atomic mass is 16.6. The summed E-state index contributed by atoms with van der Waals surface area (Å²) in [6, 6.07) is 7.69. The van der Waals surface area contributed by atoms with Gasteiger partial charge in [0.2, 0.25) is 0 Å². The van der Waals surface area contributed by atoms with Gasteiger partial charge in [0.1, 0.15) is 5.75 Å². The molecule has 1 aromatic rings. The Morgan fingerprint density at radius 3 is 2.58 bits per heavy atom. The standard InChI is InChI=1S/C26H39O5/c1-17-8-14-23(24-16-30-18(2)9-15-22(17)24)19(3)26(29)31-21-12-10-20(11-13-21)6-4-5-7-25(27)28/h10-13,17-19,22-24,26H,4-9,14-16H2,1-3H3,(H,27,28)/q-1/t17-,18?,19-,22+,23+,24?,26-/m1/s1. The zero-order valence-electron chi connectivity index (χ0n) is 19.3. The number of aliphatic carboxylic acids is 1. The lowest BCUT2D eigenvalue weighted by atomic mass is 9.62. The maximum absolute atomic E-state index is 13.0. The van der Waals surface area contributed by atoms with Gasteiger partial charge in [-0.25, -0.2) is 0 Å². The van der Waals surface area contributed by atoms with E-state index in [0.717, 1.165) is 37.9 Å². The molecule has 5 heteroatoms. The van der Waals surface area contributed by atoms with Gasteiger partial charge in [0.05, 0.1) is 12.7 Å². The molecule has 1 N–H and O–H groups in total. The quantitative estimate of drug-likeness (QED) is 0.454. The van der Waals surface area contributed by atoms with Crippen LogP contribution in [-0.2, 0) is 16.0 Å². The summed E-state index contributed by atoms with van der Waals surface area (Å²) >= 11 is 0. The Bertz CT molecular complexity index is 688. The van der Waals surface area contributed by atoms with Crippen molar-refractivity contribution in [3.05, 3.63) is 29.8 Å². The molecule has 1 aliphatic heterocycles. The van der Waals surface area contributed by atoms with Gasteiger partial charge >= 0.3 is 5.97 Å². The van der Waals surface area contributed by atoms with Crippen molar-refractivity contribution >= 4 is 5.97 Å². The van der Waals surface area contributed by atoms with Crippen molar-refractivity contribution in [2.75, 3.05) is 6.61 Å². The molecule has 1 saturated carbocycles. The van der Waals surface area contributed by atoms with Crippen LogP contribution >= 0.6 is 0 Å². The smallest absolute Gasteiger partial charge is 0.303 e. The van der Waals surface area contributed by atoms with Gasteiger partial charge in [-0.05, 0) is 92.7 Å². The predicted octanol–water partition coefficient (Wildman–Crippen LogP) is 4.66. The molecule has 2 unspecified atom stereocenters. The fourth-order valence-electron chi connectivity index (χ4n) is 5.59. The van der Waals surface area contributed by atoms with Gasteiger partial charge in [0.15, 0.2) is 0 Å². The average Bonchev–Trinajstić information content (AvgIpc) is 2.94. The number of carboxylic acid groups (broad SMARTS) is 1. The third-order valence-electron chi connectivity index (χ3n) is 7.65. The zero-order valence-corrected chi connectivity index (χ0v) is 19.3. The first-order valence-corrected chi connectivity index (χ1v) is 12.1. The molecular weight excluding hydrogens is 392 g/mol. The summed E-state index contributed by atoms with van der Waals surface area (Å²) in [4.78, 5) is 10.6. The lowest BCUT2D eigenvalue weighted by Crippen LogP contribution is -2.47. The molecule has 31 heavy (non-hydrogen) atoms. The van der Waals surface area contributed by atoms with E-state index in [9.17, 15) is 9.90 Å². The van der Waals surface area contributed by atoms with Crippen molar-refractivity contribution in [2.45, 2.75) is 84.5 Å². The fourth-order valence-corrected chi connectivity index (χ4v) is 5.59. The summed E-state index contributed by atoms with van der Waals surface area (Å²) < 4.78 is 11.9. The molecule has 0 aromatic heterocycles. The molecule has 2 aliphatic rings. The number of unbranched alkanes of at least 4 members (excludes halogenated alkanes) is 1. The third kappa shape index (κ3) is 6.69. The summed E-state index contributed by atoms with van der Waals surface area (Å²) in [5, 5.41) is 21.8. The Morgan fingerprint density at radius 2 is 1.87 bits per heavy atom. The zero-order chi connectivity index (χ0) is 22.4. The van der Waals surface area contributed by atoms with Crippen molar-refractivity contribution in [3.63, 3.8) is 0 Å². The fraction of sp³-hybridized carbons (Fsp3) is 0.731. The number of carbonyl (C=O) groups is 1. The molecule has 0 bridgehead atoms. The van der Waals surface area contributed by atoms with Crippen LogP contribution in [0.25, 0.3) is 0 Å². The van der Waals surface area contributed by atoms with E-state index in [2.05, 4.69) is 20.8 Å². The minimum absolute atomic E-state index is 0.0623.